The summed E-state index contributed by atoms with van der Waals surface area (Å²) >= 11 is 1.68. The molecule has 2 aliphatic heterocycles. The minimum Gasteiger partial charge on any atom is -0.340 e. The number of amides is 1. The van der Waals surface area contributed by atoms with Crippen molar-refractivity contribution in [2.24, 2.45) is 0 Å². The maximum absolute atomic E-state index is 11.7. The molecule has 1 aromatic heterocycles. The fourth-order valence-electron chi connectivity index (χ4n) is 3.04. The van der Waals surface area contributed by atoms with Gasteiger partial charge in [0.1, 0.15) is 10.0 Å². The van der Waals surface area contributed by atoms with Gasteiger partial charge in [0.15, 0.2) is 0 Å². The molecule has 0 N–H and O–H groups in total. The highest BCUT2D eigenvalue weighted by Gasteiger charge is 2.30. The minimum atomic E-state index is 0.359. The molecule has 1 amide bonds. The Morgan fingerprint density at radius 2 is 2.05 bits per heavy atom. The molecule has 0 bridgehead atoms. The van der Waals surface area contributed by atoms with E-state index in [-0.39, 0.29) is 0 Å². The second kappa shape index (κ2) is 5.54. The predicted molar refractivity (Wildman–Crippen MR) is 73.9 cm³/mol. The van der Waals surface area contributed by atoms with Gasteiger partial charge in [0.05, 0.1) is 6.54 Å². The maximum Gasteiger partial charge on any atom is 0.222 e. The van der Waals surface area contributed by atoms with Crippen molar-refractivity contribution in [3.63, 3.8) is 0 Å². The molecule has 0 saturated carbocycles. The zero-order valence-electron chi connectivity index (χ0n) is 11.3. The first-order valence-electron chi connectivity index (χ1n) is 7.03. The molecule has 0 spiro atoms. The van der Waals surface area contributed by atoms with E-state index in [2.05, 4.69) is 20.0 Å². The van der Waals surface area contributed by atoms with Gasteiger partial charge in [0.25, 0.3) is 0 Å². The molecule has 2 fully saturated rings. The molecule has 0 radical (unpaired) electrons. The molecule has 0 atom stereocenters. The average molecular weight is 280 g/mol. The van der Waals surface area contributed by atoms with Gasteiger partial charge in [-0.25, -0.2) is 0 Å². The summed E-state index contributed by atoms with van der Waals surface area (Å²) in [4.78, 5) is 16.3. The van der Waals surface area contributed by atoms with E-state index in [0.717, 1.165) is 61.9 Å². The summed E-state index contributed by atoms with van der Waals surface area (Å²) in [5.74, 6) is 0.359. The zero-order chi connectivity index (χ0) is 13.2. The summed E-state index contributed by atoms with van der Waals surface area (Å²) in [6.07, 6.45) is 4.00. The predicted octanol–water partition coefficient (Wildman–Crippen LogP) is 1.43. The Hall–Kier alpha value is -1.01. The number of nitrogens with zero attached hydrogens (tertiary/aromatic N) is 4. The van der Waals surface area contributed by atoms with Crippen LogP contribution < -0.4 is 0 Å². The zero-order valence-corrected chi connectivity index (χ0v) is 12.2. The summed E-state index contributed by atoms with van der Waals surface area (Å²) in [5.41, 5.74) is 0. The first kappa shape index (κ1) is 13.0. The van der Waals surface area contributed by atoms with E-state index < -0.39 is 0 Å². The number of hydrogen-bond donors (Lipinski definition) is 0. The lowest BCUT2D eigenvalue weighted by molar-refractivity contribution is -0.130. The topological polar surface area (TPSA) is 49.3 Å². The molecule has 2 saturated heterocycles. The summed E-state index contributed by atoms with van der Waals surface area (Å²) < 4.78 is 0. The summed E-state index contributed by atoms with van der Waals surface area (Å²) in [6.45, 7) is 6.00. The largest absolute Gasteiger partial charge is 0.340 e. The van der Waals surface area contributed by atoms with Crippen molar-refractivity contribution in [1.29, 1.82) is 0 Å². The Labute approximate surface area is 117 Å². The van der Waals surface area contributed by atoms with Crippen LogP contribution in [0.25, 0.3) is 0 Å². The first-order chi connectivity index (χ1) is 9.22. The van der Waals surface area contributed by atoms with E-state index >= 15 is 0 Å². The van der Waals surface area contributed by atoms with E-state index in [1.807, 2.05) is 6.92 Å². The van der Waals surface area contributed by atoms with Crippen LogP contribution in [-0.4, -0.2) is 51.6 Å². The van der Waals surface area contributed by atoms with Gasteiger partial charge >= 0.3 is 0 Å². The molecule has 0 aliphatic carbocycles. The molecule has 0 aromatic carbocycles. The number of carbonyl (C=O) groups excluding carboxylic acids is 1. The molecule has 1 aromatic rings. The summed E-state index contributed by atoms with van der Waals surface area (Å²) in [7, 11) is 0. The van der Waals surface area contributed by atoms with Gasteiger partial charge in [0, 0.05) is 32.1 Å². The highest BCUT2D eigenvalue weighted by molar-refractivity contribution is 7.11. The smallest absolute Gasteiger partial charge is 0.222 e. The summed E-state index contributed by atoms with van der Waals surface area (Å²) in [5, 5.41) is 10.4. The lowest BCUT2D eigenvalue weighted by Gasteiger charge is -2.36. The molecule has 0 unspecified atom stereocenters. The SMILES string of the molecule is Cc1nnc(CN2CCC(N3CCCC3=O)CC2)s1. The van der Waals surface area contributed by atoms with Gasteiger partial charge in [-0.2, -0.15) is 0 Å². The Kier molecular flexibility index (Phi) is 3.79. The van der Waals surface area contributed by atoms with E-state index in [1.54, 1.807) is 11.3 Å². The van der Waals surface area contributed by atoms with Crippen LogP contribution in [0.3, 0.4) is 0 Å². The fraction of sp³-hybridized carbons (Fsp3) is 0.769. The summed E-state index contributed by atoms with van der Waals surface area (Å²) in [6, 6.07) is 0.474. The van der Waals surface area contributed by atoms with Crippen LogP contribution in [0.2, 0.25) is 0 Å². The van der Waals surface area contributed by atoms with Crippen LogP contribution in [0.5, 0.6) is 0 Å². The Bertz CT molecular complexity index is 453. The fourth-order valence-corrected chi connectivity index (χ4v) is 3.79. The monoisotopic (exact) mass is 280 g/mol. The van der Waals surface area contributed by atoms with Crippen molar-refractivity contribution < 1.29 is 4.79 Å². The number of aryl methyl sites for hydroxylation is 1. The van der Waals surface area contributed by atoms with Crippen LogP contribution in [0, 0.1) is 6.92 Å². The molecular formula is C13H20N4OS. The lowest BCUT2D eigenvalue weighted by Crippen LogP contribution is -2.45. The third-order valence-electron chi connectivity index (χ3n) is 4.03. The highest BCUT2D eigenvalue weighted by Crippen LogP contribution is 2.23. The van der Waals surface area contributed by atoms with E-state index in [4.69, 9.17) is 0 Å². The van der Waals surface area contributed by atoms with E-state index in [1.165, 1.54) is 0 Å². The Balaban J connectivity index is 1.50. The highest BCUT2D eigenvalue weighted by atomic mass is 32.1. The molecule has 3 heterocycles. The number of piperidine rings is 1. The second-order valence-corrected chi connectivity index (χ2v) is 6.68. The Morgan fingerprint density at radius 3 is 2.63 bits per heavy atom. The van der Waals surface area contributed by atoms with Gasteiger partial charge in [-0.15, -0.1) is 21.5 Å². The first-order valence-corrected chi connectivity index (χ1v) is 7.85. The molecule has 5 nitrogen and oxygen atoms in total. The van der Waals surface area contributed by atoms with Crippen molar-refractivity contribution in [2.75, 3.05) is 19.6 Å². The average Bonchev–Trinajstić information content (AvgIpc) is 3.00. The molecular weight excluding hydrogens is 260 g/mol. The molecule has 2 aliphatic rings. The molecule has 6 heteroatoms. The quantitative estimate of drug-likeness (QED) is 0.840. The molecule has 104 valence electrons. The number of carbonyl (C=O) groups is 1. The third-order valence-corrected chi connectivity index (χ3v) is 4.86. The lowest BCUT2D eigenvalue weighted by atomic mass is 10.0. The van der Waals surface area contributed by atoms with Crippen molar-refractivity contribution in [1.82, 2.24) is 20.0 Å². The van der Waals surface area contributed by atoms with Crippen LogP contribution in [0.1, 0.15) is 35.7 Å². The van der Waals surface area contributed by atoms with E-state index in [9.17, 15) is 4.79 Å². The van der Waals surface area contributed by atoms with Gasteiger partial charge in [-0.05, 0) is 26.2 Å². The number of likely N-dealkylation sites (tertiary alicyclic amines) is 2. The van der Waals surface area contributed by atoms with E-state index in [0.29, 0.717) is 11.9 Å². The number of aromatic nitrogens is 2. The van der Waals surface area contributed by atoms with Crippen LogP contribution in [0.15, 0.2) is 0 Å². The number of hydrogen-bond acceptors (Lipinski definition) is 5. The van der Waals surface area contributed by atoms with Gasteiger partial charge in [0.2, 0.25) is 5.91 Å². The normalized spacial score (nSPS) is 22.4. The van der Waals surface area contributed by atoms with Crippen molar-refractivity contribution in [3.05, 3.63) is 10.0 Å². The third kappa shape index (κ3) is 2.95. The standard InChI is InChI=1S/C13H20N4OS/c1-10-14-15-12(19-10)9-16-7-4-11(5-8-16)17-6-2-3-13(17)18/h11H,2-9H2,1H3. The maximum atomic E-state index is 11.7. The Morgan fingerprint density at radius 1 is 1.26 bits per heavy atom. The van der Waals surface area contributed by atoms with Crippen molar-refractivity contribution in [2.45, 2.75) is 45.2 Å². The van der Waals surface area contributed by atoms with Gasteiger partial charge in [-0.3, -0.25) is 9.69 Å². The van der Waals surface area contributed by atoms with Gasteiger partial charge < -0.3 is 4.90 Å². The van der Waals surface area contributed by atoms with Crippen LogP contribution in [-0.2, 0) is 11.3 Å². The van der Waals surface area contributed by atoms with Crippen molar-refractivity contribution >= 4 is 17.2 Å². The molecule has 19 heavy (non-hydrogen) atoms. The van der Waals surface area contributed by atoms with Crippen LogP contribution in [0.4, 0.5) is 0 Å². The second-order valence-electron chi connectivity index (χ2n) is 5.41. The van der Waals surface area contributed by atoms with Gasteiger partial charge in [-0.1, -0.05) is 0 Å². The number of rotatable bonds is 3. The minimum absolute atomic E-state index is 0.359. The van der Waals surface area contributed by atoms with Crippen molar-refractivity contribution in [3.8, 4) is 0 Å². The van der Waals surface area contributed by atoms with Crippen LogP contribution >= 0.6 is 11.3 Å². The molecule has 3 rings (SSSR count).